The van der Waals surface area contributed by atoms with Crippen LogP contribution in [0, 0.1) is 0 Å². The zero-order valence-electron chi connectivity index (χ0n) is 51.4. The SMILES string of the molecule is CC/C=C\C/C=C\C/C=C\C/C=C\C/C=C\CCCC(=O)OC(CO)COP(=O)(O)OCC(COC(=O)CCCCCCCC/C=C\C/C=C\C/C=C\C/C=C\CC)OC(=O)CCCCCCCC/C=C\C/C=C\C/C=C\CCCCC. The van der Waals surface area contributed by atoms with Gasteiger partial charge in [-0.1, -0.05) is 231 Å². The standard InChI is InChI=1S/C70H113O11P/c1-4-7-10-13-16-19-22-25-28-31-33-36-38-41-44-47-50-53-56-59-68(72)77-63-67(81-70(74)61-58-55-52-49-46-43-40-37-34-32-29-26-23-20-17-14-11-8-5-2)65-79-82(75,76)78-64-66(62-71)80-69(73)60-57-54-51-48-45-42-39-35-30-27-24-21-18-15-12-9-6-3/h7,9-10,12,16-21,25-30,33-34,36-37,39,42,48,51,66-67,71H,4-6,8,11,13-15,22-24,31-32,35,38,40-41,43-47,49-50,52-65H2,1-3H3,(H,75,76)/b10-7-,12-9-,19-16-,20-17-,21-18-,28-25-,29-26-,30-27-,36-33-,37-34-,42-39-,51-48-. The van der Waals surface area contributed by atoms with Gasteiger partial charge < -0.3 is 24.2 Å². The number of aliphatic hydroxyl groups is 1. The first-order chi connectivity index (χ1) is 40.2. The lowest BCUT2D eigenvalue weighted by molar-refractivity contribution is -0.161. The third kappa shape index (κ3) is 60.0. The summed E-state index contributed by atoms with van der Waals surface area (Å²) in [6.07, 6.45) is 80.8. The molecule has 0 heterocycles. The van der Waals surface area contributed by atoms with Gasteiger partial charge in [0.1, 0.15) is 12.7 Å². The van der Waals surface area contributed by atoms with E-state index >= 15 is 0 Å². The Bertz CT molecular complexity index is 1930. The van der Waals surface area contributed by atoms with Crippen molar-refractivity contribution >= 4 is 25.7 Å². The van der Waals surface area contributed by atoms with Crippen LogP contribution in [0.25, 0.3) is 0 Å². The molecule has 0 aliphatic carbocycles. The molecule has 11 nitrogen and oxygen atoms in total. The lowest BCUT2D eigenvalue weighted by atomic mass is 10.1. The monoisotopic (exact) mass is 1160 g/mol. The second-order valence-electron chi connectivity index (χ2n) is 20.5. The van der Waals surface area contributed by atoms with Crippen molar-refractivity contribution in [3.05, 3.63) is 146 Å². The molecular weight excluding hydrogens is 1050 g/mol. The number of carbonyl (C=O) groups is 3. The molecule has 3 unspecified atom stereocenters. The number of phosphoric acid groups is 1. The largest absolute Gasteiger partial charge is 0.472 e. The Morgan fingerprint density at radius 3 is 1.02 bits per heavy atom. The van der Waals surface area contributed by atoms with E-state index < -0.39 is 57.8 Å². The van der Waals surface area contributed by atoms with E-state index in [4.69, 9.17) is 23.3 Å². The molecule has 12 heteroatoms. The minimum absolute atomic E-state index is 0.0892. The second kappa shape index (κ2) is 62.4. The fraction of sp³-hybridized carbons (Fsp3) is 0.614. The predicted octanol–water partition coefficient (Wildman–Crippen LogP) is 19.5. The average Bonchev–Trinajstić information content (AvgIpc) is 3.49. The zero-order chi connectivity index (χ0) is 59.8. The van der Waals surface area contributed by atoms with Crippen LogP contribution in [-0.2, 0) is 42.2 Å². The topological polar surface area (TPSA) is 155 Å². The number of hydrogen-bond donors (Lipinski definition) is 2. The quantitative estimate of drug-likeness (QED) is 0.0197. The molecule has 82 heavy (non-hydrogen) atoms. The number of ether oxygens (including phenoxy) is 3. The Kier molecular flexibility index (Phi) is 58.9. The fourth-order valence-corrected chi connectivity index (χ4v) is 8.76. The molecule has 464 valence electrons. The van der Waals surface area contributed by atoms with E-state index in [9.17, 15) is 28.9 Å². The molecule has 2 N–H and O–H groups in total. The number of esters is 3. The van der Waals surface area contributed by atoms with Gasteiger partial charge in [-0.05, 0) is 135 Å². The summed E-state index contributed by atoms with van der Waals surface area (Å²) < 4.78 is 39.6. The molecule has 0 aliphatic rings. The van der Waals surface area contributed by atoms with Gasteiger partial charge in [0.15, 0.2) is 6.10 Å². The molecule has 0 aromatic rings. The Morgan fingerprint density at radius 2 is 0.646 bits per heavy atom. The molecule has 0 rings (SSSR count). The molecule has 0 fully saturated rings. The van der Waals surface area contributed by atoms with Crippen molar-refractivity contribution in [3.63, 3.8) is 0 Å². The first kappa shape index (κ1) is 77.4. The molecule has 0 aromatic carbocycles. The van der Waals surface area contributed by atoms with Gasteiger partial charge in [0.2, 0.25) is 0 Å². The van der Waals surface area contributed by atoms with Crippen LogP contribution in [-0.4, -0.2) is 66.5 Å². The first-order valence-corrected chi connectivity index (χ1v) is 33.2. The highest BCUT2D eigenvalue weighted by Crippen LogP contribution is 2.43. The Morgan fingerprint density at radius 1 is 0.354 bits per heavy atom. The van der Waals surface area contributed by atoms with E-state index in [0.29, 0.717) is 25.7 Å². The molecule has 0 aliphatic heterocycles. The number of rotatable bonds is 57. The van der Waals surface area contributed by atoms with Crippen LogP contribution in [0.2, 0.25) is 0 Å². The summed E-state index contributed by atoms with van der Waals surface area (Å²) in [4.78, 5) is 48.8. The van der Waals surface area contributed by atoms with E-state index in [2.05, 4.69) is 154 Å². The van der Waals surface area contributed by atoms with E-state index in [1.54, 1.807) is 0 Å². The molecule has 0 bridgehead atoms. The van der Waals surface area contributed by atoms with Crippen molar-refractivity contribution in [1.82, 2.24) is 0 Å². The lowest BCUT2D eigenvalue weighted by Crippen LogP contribution is -2.30. The normalized spacial score (nSPS) is 14.3. The minimum atomic E-state index is -4.79. The van der Waals surface area contributed by atoms with E-state index in [1.165, 1.54) is 25.7 Å². The van der Waals surface area contributed by atoms with E-state index in [-0.39, 0.29) is 25.9 Å². The van der Waals surface area contributed by atoms with Crippen LogP contribution in [0.3, 0.4) is 0 Å². The maximum atomic E-state index is 13.0. The first-order valence-electron chi connectivity index (χ1n) is 31.7. The highest BCUT2D eigenvalue weighted by molar-refractivity contribution is 7.47. The summed E-state index contributed by atoms with van der Waals surface area (Å²) in [6.45, 7) is 4.29. The average molecular weight is 1160 g/mol. The second-order valence-corrected chi connectivity index (χ2v) is 21.9. The Hall–Kier alpha value is -4.64. The van der Waals surface area contributed by atoms with Crippen LogP contribution >= 0.6 is 7.82 Å². The summed E-state index contributed by atoms with van der Waals surface area (Å²) in [6, 6.07) is 0. The smallest absolute Gasteiger partial charge is 0.462 e. The van der Waals surface area contributed by atoms with Gasteiger partial charge >= 0.3 is 25.7 Å². The fourth-order valence-electron chi connectivity index (χ4n) is 7.98. The van der Waals surface area contributed by atoms with Crippen molar-refractivity contribution in [1.29, 1.82) is 0 Å². The van der Waals surface area contributed by atoms with Gasteiger partial charge in [-0.15, -0.1) is 0 Å². The summed E-state index contributed by atoms with van der Waals surface area (Å²) in [5.74, 6) is -1.57. The van der Waals surface area contributed by atoms with Crippen molar-refractivity contribution in [2.75, 3.05) is 26.4 Å². The Labute approximate surface area is 499 Å². The van der Waals surface area contributed by atoms with Gasteiger partial charge in [0.05, 0.1) is 19.8 Å². The highest BCUT2D eigenvalue weighted by atomic mass is 31.2. The number of carbonyl (C=O) groups excluding carboxylic acids is 3. The minimum Gasteiger partial charge on any atom is -0.462 e. The van der Waals surface area contributed by atoms with E-state index in [0.717, 1.165) is 148 Å². The molecule has 3 atom stereocenters. The van der Waals surface area contributed by atoms with Gasteiger partial charge in [0.25, 0.3) is 0 Å². The van der Waals surface area contributed by atoms with Crippen LogP contribution in [0.5, 0.6) is 0 Å². The molecule has 0 radical (unpaired) electrons. The third-order valence-corrected chi connectivity index (χ3v) is 13.7. The van der Waals surface area contributed by atoms with Gasteiger partial charge in [0, 0.05) is 19.3 Å². The number of phosphoric ester groups is 1. The van der Waals surface area contributed by atoms with Gasteiger partial charge in [-0.25, -0.2) is 4.57 Å². The van der Waals surface area contributed by atoms with Crippen LogP contribution in [0.15, 0.2) is 146 Å². The third-order valence-electron chi connectivity index (χ3n) is 12.7. The summed E-state index contributed by atoms with van der Waals surface area (Å²) in [5, 5.41) is 9.84. The molecule has 0 saturated heterocycles. The highest BCUT2D eigenvalue weighted by Gasteiger charge is 2.28. The lowest BCUT2D eigenvalue weighted by Gasteiger charge is -2.21. The van der Waals surface area contributed by atoms with Crippen LogP contribution in [0.4, 0.5) is 0 Å². The molecular formula is C70H113O11P. The Balaban J connectivity index is 4.84. The number of hydrogen-bond acceptors (Lipinski definition) is 10. The molecule has 0 aromatic heterocycles. The summed E-state index contributed by atoms with van der Waals surface area (Å²) >= 11 is 0. The van der Waals surface area contributed by atoms with Crippen molar-refractivity contribution in [2.45, 2.75) is 251 Å². The number of allylic oxidation sites excluding steroid dienone is 24. The van der Waals surface area contributed by atoms with Crippen molar-refractivity contribution in [2.24, 2.45) is 0 Å². The van der Waals surface area contributed by atoms with Crippen LogP contribution in [0.1, 0.15) is 239 Å². The number of aliphatic hydroxyl groups excluding tert-OH is 1. The van der Waals surface area contributed by atoms with E-state index in [1.807, 2.05) is 12.2 Å². The van der Waals surface area contributed by atoms with Crippen molar-refractivity contribution < 1.29 is 52.2 Å². The maximum absolute atomic E-state index is 13.0. The zero-order valence-corrected chi connectivity index (χ0v) is 52.3. The summed E-state index contributed by atoms with van der Waals surface area (Å²) in [5.41, 5.74) is 0. The predicted molar refractivity (Wildman–Crippen MR) is 343 cm³/mol. The van der Waals surface area contributed by atoms with Gasteiger partial charge in [-0.3, -0.25) is 23.4 Å². The van der Waals surface area contributed by atoms with Crippen LogP contribution < -0.4 is 0 Å². The molecule has 0 saturated carbocycles. The number of unbranched alkanes of at least 4 members (excludes halogenated alkanes) is 16. The molecule has 0 spiro atoms. The maximum Gasteiger partial charge on any atom is 0.472 e. The molecule has 0 amide bonds. The summed E-state index contributed by atoms with van der Waals surface area (Å²) in [7, 11) is -4.79. The van der Waals surface area contributed by atoms with Gasteiger partial charge in [-0.2, -0.15) is 0 Å². The van der Waals surface area contributed by atoms with Crippen molar-refractivity contribution in [3.8, 4) is 0 Å².